The first-order valence-corrected chi connectivity index (χ1v) is 10.3. The van der Waals surface area contributed by atoms with Crippen LogP contribution in [0.3, 0.4) is 0 Å². The zero-order chi connectivity index (χ0) is 18.4. The molecule has 1 amide bonds. The molecule has 1 saturated heterocycles. The van der Waals surface area contributed by atoms with E-state index in [1.54, 1.807) is 12.1 Å². The molecule has 0 aliphatic carbocycles. The minimum absolute atomic E-state index is 0.0505. The Balaban J connectivity index is 2.34. The van der Waals surface area contributed by atoms with E-state index in [-0.39, 0.29) is 22.6 Å². The van der Waals surface area contributed by atoms with Crippen LogP contribution in [0, 0.1) is 0 Å². The maximum atomic E-state index is 13.1. The molecule has 1 aliphatic heterocycles. The van der Waals surface area contributed by atoms with E-state index in [1.807, 2.05) is 13.8 Å². The Hall–Kier alpha value is -1.60. The van der Waals surface area contributed by atoms with Crippen molar-refractivity contribution >= 4 is 15.9 Å². The van der Waals surface area contributed by atoms with Gasteiger partial charge in [-0.25, -0.2) is 8.42 Å². The molecule has 1 aliphatic rings. The number of sulfonamides is 1. The fourth-order valence-corrected chi connectivity index (χ4v) is 4.94. The van der Waals surface area contributed by atoms with Crippen LogP contribution in [0.15, 0.2) is 23.1 Å². The van der Waals surface area contributed by atoms with Crippen LogP contribution in [0.25, 0.3) is 0 Å². The zero-order valence-electron chi connectivity index (χ0n) is 15.2. The van der Waals surface area contributed by atoms with Gasteiger partial charge < -0.3 is 10.1 Å². The van der Waals surface area contributed by atoms with Crippen LogP contribution in [-0.2, 0) is 10.0 Å². The number of ether oxygens (including phenoxy) is 1. The Bertz CT molecular complexity index is 703. The monoisotopic (exact) mass is 368 g/mol. The molecule has 25 heavy (non-hydrogen) atoms. The molecule has 0 spiro atoms. The van der Waals surface area contributed by atoms with Crippen molar-refractivity contribution in [2.24, 2.45) is 0 Å². The van der Waals surface area contributed by atoms with Crippen molar-refractivity contribution in [1.29, 1.82) is 0 Å². The third kappa shape index (κ3) is 4.52. The fraction of sp³-hybridized carbons (Fsp3) is 0.611. The van der Waals surface area contributed by atoms with Gasteiger partial charge in [-0.05, 0) is 44.4 Å². The second-order valence-electron chi connectivity index (χ2n) is 6.44. The molecule has 0 bridgehead atoms. The van der Waals surface area contributed by atoms with Crippen LogP contribution >= 0.6 is 0 Å². The number of nitrogens with zero attached hydrogens (tertiary/aromatic N) is 1. The second kappa shape index (κ2) is 8.67. The molecule has 6 nitrogen and oxygen atoms in total. The topological polar surface area (TPSA) is 75.7 Å². The van der Waals surface area contributed by atoms with Gasteiger partial charge in [-0.15, -0.1) is 0 Å². The molecule has 0 radical (unpaired) electrons. The molecule has 1 unspecified atom stereocenters. The molecule has 0 saturated carbocycles. The number of carbonyl (C=O) groups excluding carboxylic acids is 1. The lowest BCUT2D eigenvalue weighted by atomic mass is 10.1. The third-order valence-electron chi connectivity index (χ3n) is 4.57. The van der Waals surface area contributed by atoms with Gasteiger partial charge in [-0.3, -0.25) is 4.79 Å². The summed E-state index contributed by atoms with van der Waals surface area (Å²) in [4.78, 5) is 12.3. The van der Waals surface area contributed by atoms with Gasteiger partial charge in [0.05, 0.1) is 7.11 Å². The average molecular weight is 368 g/mol. The summed E-state index contributed by atoms with van der Waals surface area (Å²) in [5.41, 5.74) is 0.333. The maximum Gasteiger partial charge on any atom is 0.251 e. The maximum absolute atomic E-state index is 13.1. The van der Waals surface area contributed by atoms with Crippen LogP contribution in [0.4, 0.5) is 0 Å². The number of hydrogen-bond donors (Lipinski definition) is 1. The van der Waals surface area contributed by atoms with Crippen molar-refractivity contribution in [3.63, 3.8) is 0 Å². The summed E-state index contributed by atoms with van der Waals surface area (Å²) in [6, 6.07) is 4.52. The van der Waals surface area contributed by atoms with Gasteiger partial charge in [0.2, 0.25) is 10.0 Å². The smallest absolute Gasteiger partial charge is 0.251 e. The third-order valence-corrected chi connectivity index (χ3v) is 6.61. The number of carbonyl (C=O) groups is 1. The molecule has 1 fully saturated rings. The Morgan fingerprint density at radius 1 is 1.36 bits per heavy atom. The van der Waals surface area contributed by atoms with E-state index in [0.29, 0.717) is 18.7 Å². The van der Waals surface area contributed by atoms with Crippen molar-refractivity contribution in [1.82, 2.24) is 9.62 Å². The number of nitrogens with one attached hydrogen (secondary N) is 1. The van der Waals surface area contributed by atoms with Crippen molar-refractivity contribution in [3.05, 3.63) is 23.8 Å². The summed E-state index contributed by atoms with van der Waals surface area (Å²) < 4.78 is 33.0. The Morgan fingerprint density at radius 3 is 2.76 bits per heavy atom. The van der Waals surface area contributed by atoms with E-state index < -0.39 is 10.0 Å². The second-order valence-corrected chi connectivity index (χ2v) is 8.29. The van der Waals surface area contributed by atoms with Gasteiger partial charge in [-0.2, -0.15) is 4.31 Å². The van der Waals surface area contributed by atoms with Crippen LogP contribution in [0.2, 0.25) is 0 Å². The highest BCUT2D eigenvalue weighted by atomic mass is 32.2. The minimum atomic E-state index is -3.71. The van der Waals surface area contributed by atoms with Crippen molar-refractivity contribution in [3.8, 4) is 5.75 Å². The predicted octanol–water partition coefficient (Wildman–Crippen LogP) is 2.79. The summed E-state index contributed by atoms with van der Waals surface area (Å²) in [5, 5.41) is 2.82. The predicted molar refractivity (Wildman–Crippen MR) is 97.4 cm³/mol. The summed E-state index contributed by atoms with van der Waals surface area (Å²) >= 11 is 0. The summed E-state index contributed by atoms with van der Waals surface area (Å²) in [6.45, 7) is 5.04. The average Bonchev–Trinajstić information content (AvgIpc) is 2.61. The van der Waals surface area contributed by atoms with E-state index in [4.69, 9.17) is 4.74 Å². The van der Waals surface area contributed by atoms with E-state index in [2.05, 4.69) is 5.32 Å². The molecule has 140 valence electrons. The first kappa shape index (κ1) is 19.7. The molecule has 1 aromatic rings. The number of methoxy groups -OCH3 is 1. The van der Waals surface area contributed by atoms with E-state index in [9.17, 15) is 13.2 Å². The molecule has 2 rings (SSSR count). The largest absolute Gasteiger partial charge is 0.495 e. The van der Waals surface area contributed by atoms with Gasteiger partial charge in [0, 0.05) is 24.7 Å². The van der Waals surface area contributed by atoms with Crippen molar-refractivity contribution < 1.29 is 17.9 Å². The van der Waals surface area contributed by atoms with E-state index in [0.717, 1.165) is 32.1 Å². The number of amides is 1. The standard InChI is InChI=1S/C18H28N2O4S/c1-4-5-11-19-18(21)15-9-10-16(24-3)17(13-15)25(22,23)20-12-7-6-8-14(20)2/h9-10,13-14H,4-8,11-12H2,1-3H3,(H,19,21). The summed E-state index contributed by atoms with van der Waals surface area (Å²) in [5.74, 6) is 0.00197. The molecule has 1 heterocycles. The zero-order valence-corrected chi connectivity index (χ0v) is 16.1. The number of hydrogen-bond acceptors (Lipinski definition) is 4. The van der Waals surface area contributed by atoms with Crippen molar-refractivity contribution in [2.45, 2.75) is 56.9 Å². The first-order chi connectivity index (χ1) is 11.9. The Morgan fingerprint density at radius 2 is 2.12 bits per heavy atom. The lowest BCUT2D eigenvalue weighted by Crippen LogP contribution is -2.42. The van der Waals surface area contributed by atoms with E-state index in [1.165, 1.54) is 17.5 Å². The van der Waals surface area contributed by atoms with Gasteiger partial charge in [0.15, 0.2) is 0 Å². The normalized spacial score (nSPS) is 18.8. The van der Waals surface area contributed by atoms with Gasteiger partial charge in [-0.1, -0.05) is 19.8 Å². The lowest BCUT2D eigenvalue weighted by molar-refractivity contribution is 0.0953. The number of piperidine rings is 1. The van der Waals surface area contributed by atoms with Crippen LogP contribution in [-0.4, -0.2) is 44.9 Å². The van der Waals surface area contributed by atoms with E-state index >= 15 is 0 Å². The Kier molecular flexibility index (Phi) is 6.84. The van der Waals surface area contributed by atoms with Crippen LogP contribution < -0.4 is 10.1 Å². The van der Waals surface area contributed by atoms with Crippen LogP contribution in [0.1, 0.15) is 56.3 Å². The highest BCUT2D eigenvalue weighted by molar-refractivity contribution is 7.89. The molecule has 1 atom stereocenters. The number of unbranched alkanes of at least 4 members (excludes halogenated alkanes) is 1. The molecule has 1 aromatic carbocycles. The Labute approximate surface area is 150 Å². The summed E-state index contributed by atoms with van der Waals surface area (Å²) in [7, 11) is -2.27. The highest BCUT2D eigenvalue weighted by Gasteiger charge is 2.33. The lowest BCUT2D eigenvalue weighted by Gasteiger charge is -2.32. The molecular weight excluding hydrogens is 340 g/mol. The van der Waals surface area contributed by atoms with Crippen LogP contribution in [0.5, 0.6) is 5.75 Å². The first-order valence-electron chi connectivity index (χ1n) is 8.90. The number of rotatable bonds is 7. The highest BCUT2D eigenvalue weighted by Crippen LogP contribution is 2.31. The summed E-state index contributed by atoms with van der Waals surface area (Å²) in [6.07, 6.45) is 4.60. The van der Waals surface area contributed by atoms with Gasteiger partial charge in [0.25, 0.3) is 5.91 Å². The quantitative estimate of drug-likeness (QED) is 0.751. The SMILES string of the molecule is CCCCNC(=O)c1ccc(OC)c(S(=O)(=O)N2CCCCC2C)c1. The molecule has 7 heteroatoms. The minimum Gasteiger partial charge on any atom is -0.495 e. The molecular formula is C18H28N2O4S. The fourth-order valence-electron chi connectivity index (χ4n) is 3.06. The molecule has 1 N–H and O–H groups in total. The van der Waals surface area contributed by atoms with Crippen molar-refractivity contribution in [2.75, 3.05) is 20.2 Å². The number of benzene rings is 1. The molecule has 0 aromatic heterocycles. The van der Waals surface area contributed by atoms with Gasteiger partial charge >= 0.3 is 0 Å². The van der Waals surface area contributed by atoms with Gasteiger partial charge in [0.1, 0.15) is 10.6 Å².